The molecule has 0 radical (unpaired) electrons. The fourth-order valence-corrected chi connectivity index (χ4v) is 1.68. The summed E-state index contributed by atoms with van der Waals surface area (Å²) >= 11 is 1.48. The van der Waals surface area contributed by atoms with Gasteiger partial charge in [0.15, 0.2) is 0 Å². The van der Waals surface area contributed by atoms with Crippen molar-refractivity contribution in [3.05, 3.63) is 27.5 Å². The zero-order chi connectivity index (χ0) is 9.84. The van der Waals surface area contributed by atoms with Gasteiger partial charge in [-0.25, -0.2) is 0 Å². The minimum Gasteiger partial charge on any atom is -0.365 e. The van der Waals surface area contributed by atoms with E-state index in [1.165, 1.54) is 17.4 Å². The number of hydrogen-bond donors (Lipinski definition) is 1. The molecule has 0 aliphatic rings. The molecule has 1 heterocycles. The van der Waals surface area contributed by atoms with E-state index < -0.39 is 5.91 Å². The van der Waals surface area contributed by atoms with Crippen molar-refractivity contribution in [2.24, 2.45) is 5.73 Å². The van der Waals surface area contributed by atoms with Crippen LogP contribution in [-0.2, 0) is 4.79 Å². The first-order chi connectivity index (χ1) is 6.15. The summed E-state index contributed by atoms with van der Waals surface area (Å²) in [6.45, 7) is 1.92. The highest BCUT2D eigenvalue weighted by Crippen LogP contribution is 2.18. The van der Waals surface area contributed by atoms with Gasteiger partial charge in [-0.1, -0.05) is 0 Å². The van der Waals surface area contributed by atoms with Gasteiger partial charge in [0.2, 0.25) is 0 Å². The van der Waals surface area contributed by atoms with Gasteiger partial charge in [-0.15, -0.1) is 11.3 Å². The maximum atomic E-state index is 10.7. The maximum Gasteiger partial charge on any atom is 0.259 e. The predicted octanol–water partition coefficient (Wildman–Crippen LogP) is 1.45. The highest BCUT2D eigenvalue weighted by atomic mass is 32.1. The molecule has 0 bridgehead atoms. The Bertz CT molecular complexity index is 398. The van der Waals surface area contributed by atoms with Crippen LogP contribution in [0.2, 0.25) is 0 Å². The Morgan fingerprint density at radius 1 is 1.77 bits per heavy atom. The molecule has 0 aliphatic carbocycles. The first-order valence-electron chi connectivity index (χ1n) is 3.61. The number of rotatable bonds is 2. The second-order valence-electron chi connectivity index (χ2n) is 2.50. The molecule has 0 aliphatic heterocycles. The molecule has 1 aromatic rings. The van der Waals surface area contributed by atoms with Crippen LogP contribution < -0.4 is 5.73 Å². The van der Waals surface area contributed by atoms with Crippen molar-refractivity contribution >= 4 is 23.3 Å². The first-order valence-corrected chi connectivity index (χ1v) is 4.49. The summed E-state index contributed by atoms with van der Waals surface area (Å²) in [6.07, 6.45) is 1.52. The largest absolute Gasteiger partial charge is 0.365 e. The normalized spacial score (nSPS) is 10.9. The Morgan fingerprint density at radius 3 is 2.85 bits per heavy atom. The number of nitrogens with two attached hydrogens (primary N) is 1. The molecule has 0 saturated carbocycles. The number of primary amides is 1. The second-order valence-corrected chi connectivity index (χ2v) is 3.45. The fraction of sp³-hybridized carbons (Fsp3) is 0.111. The van der Waals surface area contributed by atoms with E-state index in [1.807, 2.05) is 18.4 Å². The summed E-state index contributed by atoms with van der Waals surface area (Å²) in [5.74, 6) is -0.685. The van der Waals surface area contributed by atoms with Gasteiger partial charge >= 0.3 is 0 Å². The molecule has 3 nitrogen and oxygen atoms in total. The van der Waals surface area contributed by atoms with Crippen molar-refractivity contribution in [1.29, 1.82) is 5.26 Å². The minimum atomic E-state index is -0.685. The van der Waals surface area contributed by atoms with Crippen molar-refractivity contribution < 1.29 is 4.79 Å². The van der Waals surface area contributed by atoms with Crippen LogP contribution in [0.4, 0.5) is 0 Å². The molecule has 0 saturated heterocycles. The van der Waals surface area contributed by atoms with E-state index in [0.29, 0.717) is 0 Å². The standard InChI is InChI=1S/C9H8N2OS/c1-6-2-3-13-8(6)4-7(5-10)9(11)12/h2-4H,1H3,(H2,11,12)/b7-4-. The Kier molecular flexibility index (Phi) is 2.83. The lowest BCUT2D eigenvalue weighted by Crippen LogP contribution is -2.12. The van der Waals surface area contributed by atoms with Gasteiger partial charge in [-0.05, 0) is 30.0 Å². The SMILES string of the molecule is Cc1ccsc1/C=C(/C#N)C(N)=O. The van der Waals surface area contributed by atoms with Crippen LogP contribution >= 0.6 is 11.3 Å². The third-order valence-corrected chi connectivity index (χ3v) is 2.53. The third-order valence-electron chi connectivity index (χ3n) is 1.56. The Hall–Kier alpha value is -1.60. The van der Waals surface area contributed by atoms with Crippen molar-refractivity contribution in [1.82, 2.24) is 0 Å². The van der Waals surface area contributed by atoms with Gasteiger partial charge in [-0.3, -0.25) is 4.79 Å². The molecule has 0 aromatic carbocycles. The van der Waals surface area contributed by atoms with E-state index in [2.05, 4.69) is 0 Å². The minimum absolute atomic E-state index is 0.00875. The molecule has 1 aromatic heterocycles. The molecular formula is C9H8N2OS. The van der Waals surface area contributed by atoms with Crippen molar-refractivity contribution in [2.75, 3.05) is 0 Å². The Labute approximate surface area is 80.1 Å². The molecule has 0 spiro atoms. The van der Waals surface area contributed by atoms with Crippen molar-refractivity contribution in [3.63, 3.8) is 0 Å². The zero-order valence-electron chi connectivity index (χ0n) is 7.07. The van der Waals surface area contributed by atoms with E-state index in [-0.39, 0.29) is 5.57 Å². The molecule has 1 rings (SSSR count). The van der Waals surface area contributed by atoms with Crippen LogP contribution in [0.1, 0.15) is 10.4 Å². The average Bonchev–Trinajstić information content (AvgIpc) is 2.46. The molecular weight excluding hydrogens is 184 g/mol. The smallest absolute Gasteiger partial charge is 0.259 e. The first kappa shape index (κ1) is 9.49. The molecule has 66 valence electrons. The lowest BCUT2D eigenvalue weighted by molar-refractivity contribution is -0.114. The number of carbonyl (C=O) groups is 1. The molecule has 13 heavy (non-hydrogen) atoms. The molecule has 2 N–H and O–H groups in total. The molecule has 1 amide bonds. The number of nitriles is 1. The van der Waals surface area contributed by atoms with E-state index >= 15 is 0 Å². The van der Waals surface area contributed by atoms with Gasteiger partial charge in [-0.2, -0.15) is 5.26 Å². The van der Waals surface area contributed by atoms with E-state index in [4.69, 9.17) is 11.0 Å². The molecule has 0 atom stereocenters. The fourth-order valence-electron chi connectivity index (χ4n) is 0.822. The van der Waals surface area contributed by atoms with Gasteiger partial charge in [0, 0.05) is 4.88 Å². The number of thiophene rings is 1. The Balaban J connectivity index is 3.07. The Morgan fingerprint density at radius 2 is 2.46 bits per heavy atom. The quantitative estimate of drug-likeness (QED) is 0.569. The number of hydrogen-bond acceptors (Lipinski definition) is 3. The number of nitrogens with zero attached hydrogens (tertiary/aromatic N) is 1. The van der Waals surface area contributed by atoms with E-state index in [1.54, 1.807) is 6.07 Å². The highest BCUT2D eigenvalue weighted by molar-refractivity contribution is 7.11. The van der Waals surface area contributed by atoms with Crippen LogP contribution in [0.5, 0.6) is 0 Å². The van der Waals surface area contributed by atoms with Gasteiger partial charge in [0.25, 0.3) is 5.91 Å². The van der Waals surface area contributed by atoms with E-state index in [0.717, 1.165) is 10.4 Å². The zero-order valence-corrected chi connectivity index (χ0v) is 7.89. The summed E-state index contributed by atoms with van der Waals surface area (Å²) in [7, 11) is 0. The average molecular weight is 192 g/mol. The van der Waals surface area contributed by atoms with Gasteiger partial charge in [0.1, 0.15) is 11.6 Å². The van der Waals surface area contributed by atoms with Crippen LogP contribution in [0.25, 0.3) is 6.08 Å². The summed E-state index contributed by atoms with van der Waals surface area (Å²) in [4.78, 5) is 11.6. The lowest BCUT2D eigenvalue weighted by Gasteiger charge is -1.91. The summed E-state index contributed by atoms with van der Waals surface area (Å²) in [6, 6.07) is 3.68. The number of amides is 1. The van der Waals surface area contributed by atoms with Crippen molar-refractivity contribution in [2.45, 2.75) is 6.92 Å². The summed E-state index contributed by atoms with van der Waals surface area (Å²) in [5, 5.41) is 10.5. The van der Waals surface area contributed by atoms with Crippen LogP contribution in [0, 0.1) is 18.3 Å². The van der Waals surface area contributed by atoms with Crippen LogP contribution in [-0.4, -0.2) is 5.91 Å². The van der Waals surface area contributed by atoms with Crippen LogP contribution in [0.15, 0.2) is 17.0 Å². The van der Waals surface area contributed by atoms with Gasteiger partial charge in [0.05, 0.1) is 0 Å². The van der Waals surface area contributed by atoms with Crippen molar-refractivity contribution in [3.8, 4) is 6.07 Å². The highest BCUT2D eigenvalue weighted by Gasteiger charge is 2.04. The summed E-state index contributed by atoms with van der Waals surface area (Å²) < 4.78 is 0. The van der Waals surface area contributed by atoms with E-state index in [9.17, 15) is 4.79 Å². The monoisotopic (exact) mass is 192 g/mol. The maximum absolute atomic E-state index is 10.7. The number of aryl methyl sites for hydroxylation is 1. The third kappa shape index (κ3) is 2.17. The van der Waals surface area contributed by atoms with Crippen LogP contribution in [0.3, 0.4) is 0 Å². The lowest BCUT2D eigenvalue weighted by atomic mass is 10.2. The molecule has 0 fully saturated rings. The molecule has 0 unspecified atom stereocenters. The molecule has 4 heteroatoms. The topological polar surface area (TPSA) is 66.9 Å². The predicted molar refractivity (Wildman–Crippen MR) is 51.8 cm³/mol. The second kappa shape index (κ2) is 3.87. The number of carbonyl (C=O) groups excluding carboxylic acids is 1. The van der Waals surface area contributed by atoms with Gasteiger partial charge < -0.3 is 5.73 Å². The summed E-state index contributed by atoms with van der Waals surface area (Å²) in [5.41, 5.74) is 6.02.